The van der Waals surface area contributed by atoms with Crippen molar-refractivity contribution in [3.05, 3.63) is 42.0 Å². The van der Waals surface area contributed by atoms with Gasteiger partial charge in [0, 0.05) is 12.4 Å². The van der Waals surface area contributed by atoms with Crippen LogP contribution in [0.25, 0.3) is 6.08 Å². The third-order valence-electron chi connectivity index (χ3n) is 3.32. The van der Waals surface area contributed by atoms with Gasteiger partial charge in [-0.05, 0) is 28.8 Å². The Bertz CT molecular complexity index is 578. The first-order chi connectivity index (χ1) is 10.4. The van der Waals surface area contributed by atoms with Gasteiger partial charge in [0.25, 0.3) is 0 Å². The second-order valence-corrected chi connectivity index (χ2v) is 5.89. The van der Waals surface area contributed by atoms with E-state index in [-0.39, 0.29) is 6.10 Å². The Morgan fingerprint density at radius 1 is 1.33 bits per heavy atom. The maximum atomic E-state index is 5.63. The van der Waals surface area contributed by atoms with Crippen LogP contribution in [0, 0.1) is 0 Å². The average molecular weight is 302 g/mol. The van der Waals surface area contributed by atoms with Gasteiger partial charge in [-0.1, -0.05) is 54.2 Å². The number of thioether (sulfide) groups is 1. The van der Waals surface area contributed by atoms with E-state index < -0.39 is 0 Å². The fraction of sp³-hybridized carbons (Fsp3) is 0.400. The Labute approximate surface area is 128 Å². The van der Waals surface area contributed by atoms with E-state index in [4.69, 9.17) is 4.74 Å². The van der Waals surface area contributed by atoms with Crippen molar-refractivity contribution in [2.75, 3.05) is 12.4 Å². The van der Waals surface area contributed by atoms with Gasteiger partial charge < -0.3 is 4.74 Å². The molecule has 1 saturated heterocycles. The SMILES string of the molecule is C(=C\c1ccccc1)/CSc1nnnn1C[C@H]1CCCO1. The van der Waals surface area contributed by atoms with E-state index in [2.05, 4.69) is 39.8 Å². The first-order valence-corrected chi connectivity index (χ1v) is 8.12. The molecule has 0 amide bonds. The van der Waals surface area contributed by atoms with Crippen molar-refractivity contribution < 1.29 is 4.74 Å². The van der Waals surface area contributed by atoms with Crippen molar-refractivity contribution in [3.63, 3.8) is 0 Å². The van der Waals surface area contributed by atoms with Gasteiger partial charge in [-0.3, -0.25) is 0 Å². The molecule has 0 spiro atoms. The summed E-state index contributed by atoms with van der Waals surface area (Å²) >= 11 is 1.64. The van der Waals surface area contributed by atoms with Crippen LogP contribution in [0.1, 0.15) is 18.4 Å². The van der Waals surface area contributed by atoms with Crippen molar-refractivity contribution in [1.82, 2.24) is 20.2 Å². The van der Waals surface area contributed by atoms with E-state index in [1.165, 1.54) is 5.56 Å². The minimum absolute atomic E-state index is 0.257. The molecule has 2 heterocycles. The van der Waals surface area contributed by atoms with Gasteiger partial charge >= 0.3 is 0 Å². The van der Waals surface area contributed by atoms with E-state index in [1.54, 1.807) is 11.8 Å². The summed E-state index contributed by atoms with van der Waals surface area (Å²) in [5.41, 5.74) is 1.21. The summed E-state index contributed by atoms with van der Waals surface area (Å²) in [6.07, 6.45) is 6.73. The number of tetrazole rings is 1. The molecule has 6 heteroatoms. The van der Waals surface area contributed by atoms with Gasteiger partial charge in [0.2, 0.25) is 5.16 Å². The third kappa shape index (κ3) is 4.15. The van der Waals surface area contributed by atoms with E-state index in [0.717, 1.165) is 36.9 Å². The van der Waals surface area contributed by atoms with Crippen molar-refractivity contribution in [2.45, 2.75) is 30.6 Å². The normalized spacial score (nSPS) is 18.6. The van der Waals surface area contributed by atoms with Crippen LogP contribution in [-0.2, 0) is 11.3 Å². The van der Waals surface area contributed by atoms with Crippen LogP contribution >= 0.6 is 11.8 Å². The van der Waals surface area contributed by atoms with Gasteiger partial charge in [0.15, 0.2) is 0 Å². The molecular formula is C15H18N4OS. The van der Waals surface area contributed by atoms with Crippen LogP contribution in [-0.4, -0.2) is 38.7 Å². The van der Waals surface area contributed by atoms with Crippen molar-refractivity contribution >= 4 is 17.8 Å². The molecule has 0 aliphatic carbocycles. The molecule has 2 aromatic rings. The van der Waals surface area contributed by atoms with E-state index >= 15 is 0 Å². The third-order valence-corrected chi connectivity index (χ3v) is 4.23. The first kappa shape index (κ1) is 14.3. The molecule has 0 bridgehead atoms. The first-order valence-electron chi connectivity index (χ1n) is 7.14. The highest BCUT2D eigenvalue weighted by Crippen LogP contribution is 2.18. The van der Waals surface area contributed by atoms with Crippen LogP contribution in [0.2, 0.25) is 0 Å². The summed E-state index contributed by atoms with van der Waals surface area (Å²) in [7, 11) is 0. The van der Waals surface area contributed by atoms with Crippen LogP contribution in [0.4, 0.5) is 0 Å². The summed E-state index contributed by atoms with van der Waals surface area (Å²) in [6, 6.07) is 10.3. The summed E-state index contributed by atoms with van der Waals surface area (Å²) < 4.78 is 7.47. The topological polar surface area (TPSA) is 52.8 Å². The predicted octanol–water partition coefficient (Wildman–Crippen LogP) is 2.66. The molecule has 1 aromatic carbocycles. The van der Waals surface area contributed by atoms with Gasteiger partial charge in [-0.15, -0.1) is 5.10 Å². The van der Waals surface area contributed by atoms with Crippen LogP contribution < -0.4 is 0 Å². The highest BCUT2D eigenvalue weighted by Gasteiger charge is 2.18. The van der Waals surface area contributed by atoms with Gasteiger partial charge in [0.05, 0.1) is 12.6 Å². The fourth-order valence-corrected chi connectivity index (χ4v) is 2.96. The Hall–Kier alpha value is -1.66. The van der Waals surface area contributed by atoms with Crippen LogP contribution in [0.5, 0.6) is 0 Å². The lowest BCUT2D eigenvalue weighted by Gasteiger charge is -2.09. The second-order valence-electron chi connectivity index (χ2n) is 4.90. The predicted molar refractivity (Wildman–Crippen MR) is 83.0 cm³/mol. The van der Waals surface area contributed by atoms with E-state index in [0.29, 0.717) is 0 Å². The zero-order chi connectivity index (χ0) is 14.3. The standard InChI is InChI=1S/C15H18N4OS/c1-2-6-13(7-3-1)8-5-11-21-15-16-17-18-19(15)12-14-9-4-10-20-14/h1-3,5-8,14H,4,9-12H2/b8-5+/t14-/m1/s1. The number of ether oxygens (including phenoxy) is 1. The zero-order valence-corrected chi connectivity index (χ0v) is 12.6. The smallest absolute Gasteiger partial charge is 0.209 e. The summed E-state index contributed by atoms with van der Waals surface area (Å²) in [4.78, 5) is 0. The van der Waals surface area contributed by atoms with Crippen molar-refractivity contribution in [1.29, 1.82) is 0 Å². The number of rotatable bonds is 6. The maximum Gasteiger partial charge on any atom is 0.209 e. The highest BCUT2D eigenvalue weighted by molar-refractivity contribution is 7.99. The summed E-state index contributed by atoms with van der Waals surface area (Å²) in [5, 5.41) is 12.7. The van der Waals surface area contributed by atoms with Gasteiger partial charge in [-0.2, -0.15) is 0 Å². The lowest BCUT2D eigenvalue weighted by atomic mass is 10.2. The summed E-state index contributed by atoms with van der Waals surface area (Å²) in [6.45, 7) is 1.60. The molecule has 21 heavy (non-hydrogen) atoms. The molecular weight excluding hydrogens is 284 g/mol. The number of hydrogen-bond donors (Lipinski definition) is 0. The van der Waals surface area contributed by atoms with Crippen molar-refractivity contribution in [3.8, 4) is 0 Å². The molecule has 0 unspecified atom stereocenters. The Morgan fingerprint density at radius 3 is 3.05 bits per heavy atom. The molecule has 0 saturated carbocycles. The fourth-order valence-electron chi connectivity index (χ4n) is 2.27. The average Bonchev–Trinajstić information content (AvgIpc) is 3.18. The lowest BCUT2D eigenvalue weighted by molar-refractivity contribution is 0.0912. The largest absolute Gasteiger partial charge is 0.376 e. The van der Waals surface area contributed by atoms with Gasteiger partial charge in [-0.25, -0.2) is 4.68 Å². The summed E-state index contributed by atoms with van der Waals surface area (Å²) in [5.74, 6) is 0.848. The lowest BCUT2D eigenvalue weighted by Crippen LogP contribution is -2.16. The molecule has 1 aliphatic heterocycles. The number of hydrogen-bond acceptors (Lipinski definition) is 5. The van der Waals surface area contributed by atoms with Crippen molar-refractivity contribution in [2.24, 2.45) is 0 Å². The molecule has 1 atom stereocenters. The monoisotopic (exact) mass is 302 g/mol. The molecule has 1 fully saturated rings. The highest BCUT2D eigenvalue weighted by atomic mass is 32.2. The Morgan fingerprint density at radius 2 is 2.24 bits per heavy atom. The Balaban J connectivity index is 1.51. The molecule has 0 radical (unpaired) electrons. The number of benzene rings is 1. The zero-order valence-electron chi connectivity index (χ0n) is 11.8. The number of aromatic nitrogens is 4. The molecule has 1 aromatic heterocycles. The second kappa shape index (κ2) is 7.38. The molecule has 5 nitrogen and oxygen atoms in total. The molecule has 1 aliphatic rings. The van der Waals surface area contributed by atoms with Crippen LogP contribution in [0.3, 0.4) is 0 Å². The maximum absolute atomic E-state index is 5.63. The minimum Gasteiger partial charge on any atom is -0.376 e. The minimum atomic E-state index is 0.257. The Kier molecular flexibility index (Phi) is 5.02. The van der Waals surface area contributed by atoms with Gasteiger partial charge in [0.1, 0.15) is 0 Å². The van der Waals surface area contributed by atoms with Crippen LogP contribution in [0.15, 0.2) is 41.6 Å². The molecule has 3 rings (SSSR count). The quantitative estimate of drug-likeness (QED) is 0.768. The number of nitrogens with zero attached hydrogens (tertiary/aromatic N) is 4. The molecule has 110 valence electrons. The van der Waals surface area contributed by atoms with E-state index in [1.807, 2.05) is 22.9 Å². The van der Waals surface area contributed by atoms with E-state index in [9.17, 15) is 0 Å². The molecule has 0 N–H and O–H groups in total.